The van der Waals surface area contributed by atoms with Crippen molar-refractivity contribution in [2.75, 3.05) is 12.5 Å². The highest BCUT2D eigenvalue weighted by Gasteiger charge is 2.33. The average Bonchev–Trinajstić information content (AvgIpc) is 3.41. The van der Waals surface area contributed by atoms with Crippen LogP contribution in [-0.2, 0) is 14.3 Å². The predicted octanol–water partition coefficient (Wildman–Crippen LogP) is 3.52. The number of esters is 1. The zero-order chi connectivity index (χ0) is 21.8. The fourth-order valence-corrected chi connectivity index (χ4v) is 4.84. The molecule has 0 saturated carbocycles. The number of ether oxygens (including phenoxy) is 1. The minimum absolute atomic E-state index is 0.0566. The van der Waals surface area contributed by atoms with Gasteiger partial charge in [0.1, 0.15) is 12.3 Å². The van der Waals surface area contributed by atoms with Gasteiger partial charge in [0, 0.05) is 18.5 Å². The van der Waals surface area contributed by atoms with Crippen molar-refractivity contribution in [2.24, 2.45) is 11.5 Å². The first-order valence-electron chi connectivity index (χ1n) is 10.5. The Morgan fingerprint density at radius 3 is 2.29 bits per heavy atom. The van der Waals surface area contributed by atoms with Crippen molar-refractivity contribution in [3.8, 4) is 11.1 Å². The molecule has 162 valence electrons. The summed E-state index contributed by atoms with van der Waals surface area (Å²) in [5, 5.41) is 1.84. The van der Waals surface area contributed by atoms with Crippen LogP contribution in [0.25, 0.3) is 11.1 Å². The Bertz CT molecular complexity index is 960. The van der Waals surface area contributed by atoms with E-state index in [1.807, 2.05) is 29.7 Å². The topological polar surface area (TPSA) is 98.6 Å². The Morgan fingerprint density at radius 1 is 1.03 bits per heavy atom. The molecule has 7 heteroatoms. The van der Waals surface area contributed by atoms with Crippen molar-refractivity contribution in [1.29, 1.82) is 0 Å². The summed E-state index contributed by atoms with van der Waals surface area (Å²) in [4.78, 5) is 26.2. The van der Waals surface area contributed by atoms with E-state index in [1.165, 1.54) is 38.9 Å². The van der Waals surface area contributed by atoms with Crippen LogP contribution < -0.4 is 11.5 Å². The molecule has 0 bridgehead atoms. The molecule has 0 aromatic heterocycles. The fraction of sp³-hybridized carbons (Fsp3) is 0.333. The van der Waals surface area contributed by atoms with Crippen LogP contribution in [0.5, 0.6) is 0 Å². The minimum atomic E-state index is -1.42. The van der Waals surface area contributed by atoms with Gasteiger partial charge in [-0.1, -0.05) is 48.5 Å². The van der Waals surface area contributed by atoms with Crippen molar-refractivity contribution in [3.05, 3.63) is 71.3 Å². The Balaban J connectivity index is 1.25. The highest BCUT2D eigenvalue weighted by atomic mass is 32.2. The lowest BCUT2D eigenvalue weighted by Gasteiger charge is -2.27. The number of thioether (sulfide) groups is 1. The molecule has 2 aromatic carbocycles. The molecule has 2 aliphatic rings. The van der Waals surface area contributed by atoms with E-state index >= 15 is 0 Å². The van der Waals surface area contributed by atoms with Crippen LogP contribution in [0.2, 0.25) is 0 Å². The second-order valence-electron chi connectivity index (χ2n) is 8.01. The molecule has 0 unspecified atom stereocenters. The van der Waals surface area contributed by atoms with E-state index in [9.17, 15) is 9.59 Å². The van der Waals surface area contributed by atoms with Crippen molar-refractivity contribution in [3.63, 3.8) is 0 Å². The van der Waals surface area contributed by atoms with Gasteiger partial charge >= 0.3 is 5.97 Å². The van der Waals surface area contributed by atoms with Crippen LogP contribution in [0.3, 0.4) is 0 Å². The molecule has 0 atom stereocenters. The Labute approximate surface area is 186 Å². The first kappa shape index (κ1) is 21.6. The van der Waals surface area contributed by atoms with Crippen LogP contribution in [-0.4, -0.2) is 34.9 Å². The van der Waals surface area contributed by atoms with E-state index in [-0.39, 0.29) is 24.2 Å². The Morgan fingerprint density at radius 2 is 1.68 bits per heavy atom. The highest BCUT2D eigenvalue weighted by molar-refractivity contribution is 8.02. The summed E-state index contributed by atoms with van der Waals surface area (Å²) in [6.07, 6.45) is 3.44. The zero-order valence-corrected chi connectivity index (χ0v) is 18.1. The van der Waals surface area contributed by atoms with E-state index in [2.05, 4.69) is 24.3 Å². The van der Waals surface area contributed by atoms with Crippen molar-refractivity contribution < 1.29 is 14.3 Å². The third-order valence-electron chi connectivity index (χ3n) is 5.80. The molecular formula is C24H27N3O3S. The van der Waals surface area contributed by atoms with Gasteiger partial charge < -0.3 is 21.1 Å². The Hall–Kier alpha value is -2.61. The van der Waals surface area contributed by atoms with E-state index in [0.29, 0.717) is 31.7 Å². The van der Waals surface area contributed by atoms with Crippen LogP contribution in [0.1, 0.15) is 42.7 Å². The average molecular weight is 438 g/mol. The molecule has 0 radical (unpaired) electrons. The summed E-state index contributed by atoms with van der Waals surface area (Å²) in [6.45, 7) is 0.321. The van der Waals surface area contributed by atoms with E-state index < -0.39 is 5.66 Å². The van der Waals surface area contributed by atoms with E-state index in [0.717, 1.165) is 0 Å². The van der Waals surface area contributed by atoms with E-state index in [4.69, 9.17) is 16.2 Å². The first-order valence-corrected chi connectivity index (χ1v) is 11.5. The van der Waals surface area contributed by atoms with Gasteiger partial charge in [-0.15, -0.1) is 11.8 Å². The number of nitrogens with two attached hydrogens (primary N) is 2. The summed E-state index contributed by atoms with van der Waals surface area (Å²) in [5.74, 6) is 0.0528. The minimum Gasteiger partial charge on any atom is -0.465 e. The number of unbranched alkanes of at least 4 members (excludes halogenated alkanes) is 1. The van der Waals surface area contributed by atoms with Gasteiger partial charge in [0.2, 0.25) is 0 Å². The maximum absolute atomic E-state index is 12.4. The monoisotopic (exact) mass is 437 g/mol. The largest absolute Gasteiger partial charge is 0.465 e. The number of benzene rings is 2. The molecular weight excluding hydrogens is 410 g/mol. The molecule has 4 rings (SSSR count). The number of rotatable bonds is 8. The van der Waals surface area contributed by atoms with Crippen LogP contribution in [0.15, 0.2) is 60.1 Å². The van der Waals surface area contributed by atoms with Gasteiger partial charge in [0.25, 0.3) is 5.91 Å². The van der Waals surface area contributed by atoms with Gasteiger partial charge in [-0.3, -0.25) is 9.59 Å². The summed E-state index contributed by atoms with van der Waals surface area (Å²) in [7, 11) is 0. The van der Waals surface area contributed by atoms with Crippen LogP contribution >= 0.6 is 11.8 Å². The quantitative estimate of drug-likeness (QED) is 0.372. The van der Waals surface area contributed by atoms with Crippen LogP contribution in [0, 0.1) is 0 Å². The van der Waals surface area contributed by atoms with Gasteiger partial charge in [0.15, 0.2) is 0 Å². The smallest absolute Gasteiger partial charge is 0.305 e. The number of carbonyl (C=O) groups excluding carboxylic acids is 2. The lowest BCUT2D eigenvalue weighted by Crippen LogP contribution is -2.60. The van der Waals surface area contributed by atoms with Gasteiger partial charge in [-0.2, -0.15) is 0 Å². The number of carbonyl (C=O) groups is 2. The van der Waals surface area contributed by atoms with E-state index in [1.54, 1.807) is 6.20 Å². The standard InChI is InChI=1S/C24H27N3O3S/c25-24(26,23(29)27-13-14-31-16-27)12-6-5-11-22(28)30-15-21-19-9-3-1-7-17(19)18-8-2-4-10-20(18)21/h1-4,7-10,13-14,21H,5-6,11-12,15-16,25-26H2. The van der Waals surface area contributed by atoms with Crippen LogP contribution in [0.4, 0.5) is 0 Å². The number of hydrogen-bond donors (Lipinski definition) is 2. The molecule has 2 aromatic rings. The lowest BCUT2D eigenvalue weighted by molar-refractivity contribution is -0.144. The second kappa shape index (κ2) is 9.26. The third kappa shape index (κ3) is 4.69. The van der Waals surface area contributed by atoms with Crippen molar-refractivity contribution in [2.45, 2.75) is 37.3 Å². The number of fused-ring (bicyclic) bond motifs is 3. The molecule has 1 aliphatic heterocycles. The predicted molar refractivity (Wildman–Crippen MR) is 123 cm³/mol. The molecule has 0 spiro atoms. The van der Waals surface area contributed by atoms with Crippen molar-refractivity contribution in [1.82, 2.24) is 4.90 Å². The van der Waals surface area contributed by atoms with Gasteiger partial charge in [-0.25, -0.2) is 0 Å². The summed E-state index contributed by atoms with van der Waals surface area (Å²) >= 11 is 1.52. The molecule has 1 aliphatic carbocycles. The molecule has 1 heterocycles. The maximum Gasteiger partial charge on any atom is 0.305 e. The maximum atomic E-state index is 12.4. The third-order valence-corrected chi connectivity index (χ3v) is 6.55. The number of hydrogen-bond acceptors (Lipinski definition) is 6. The van der Waals surface area contributed by atoms with Gasteiger partial charge in [-0.05, 0) is 46.9 Å². The molecule has 1 amide bonds. The normalized spacial score (nSPS) is 15.1. The number of amides is 1. The van der Waals surface area contributed by atoms with Gasteiger partial charge in [0.05, 0.1) is 5.88 Å². The molecule has 0 saturated heterocycles. The molecule has 6 nitrogen and oxygen atoms in total. The Kier molecular flexibility index (Phi) is 6.46. The second-order valence-corrected chi connectivity index (χ2v) is 8.88. The summed E-state index contributed by atoms with van der Waals surface area (Å²) in [5.41, 5.74) is 15.4. The summed E-state index contributed by atoms with van der Waals surface area (Å²) in [6, 6.07) is 16.5. The van der Waals surface area contributed by atoms with Crippen molar-refractivity contribution >= 4 is 23.6 Å². The SMILES string of the molecule is NC(N)(CCCCC(=O)OCC1c2ccccc2-c2ccccc21)C(=O)N1C=CSC1. The molecule has 0 fully saturated rings. The highest BCUT2D eigenvalue weighted by Crippen LogP contribution is 2.44. The number of nitrogens with zero attached hydrogens (tertiary/aromatic N) is 1. The molecule has 31 heavy (non-hydrogen) atoms. The summed E-state index contributed by atoms with van der Waals surface area (Å²) < 4.78 is 5.61. The zero-order valence-electron chi connectivity index (χ0n) is 17.3. The first-order chi connectivity index (χ1) is 15.0. The lowest BCUT2D eigenvalue weighted by atomic mass is 9.98. The fourth-order valence-electron chi connectivity index (χ4n) is 4.16. The molecule has 4 N–H and O–H groups in total.